The number of aliphatic hydroxyl groups is 1. The van der Waals surface area contributed by atoms with E-state index in [2.05, 4.69) is 21.9 Å². The molecule has 2 aliphatic rings. The van der Waals surface area contributed by atoms with Crippen molar-refractivity contribution < 1.29 is 19.3 Å². The highest BCUT2D eigenvalue weighted by Gasteiger charge is 2.19. The molecule has 9 heteroatoms. The van der Waals surface area contributed by atoms with Crippen LogP contribution in [0.5, 0.6) is 11.5 Å². The fourth-order valence-corrected chi connectivity index (χ4v) is 3.80. The lowest BCUT2D eigenvalue weighted by atomic mass is 10.2. The van der Waals surface area contributed by atoms with Crippen molar-refractivity contribution in [2.45, 2.75) is 19.3 Å². The number of fused-ring (bicyclic) bond motifs is 1. The van der Waals surface area contributed by atoms with Crippen LogP contribution in [0.3, 0.4) is 0 Å². The van der Waals surface area contributed by atoms with Crippen LogP contribution in [0.25, 0.3) is 0 Å². The molecule has 0 bridgehead atoms. The second kappa shape index (κ2) is 12.7. The Labute approximate surface area is 200 Å². The van der Waals surface area contributed by atoms with Gasteiger partial charge in [0.05, 0.1) is 19.3 Å². The first-order chi connectivity index (χ1) is 14.2. The topological polar surface area (TPSA) is 54.4 Å². The number of ether oxygens (including phenoxy) is 3. The Kier molecular flexibility index (Phi) is 10.7. The summed E-state index contributed by atoms with van der Waals surface area (Å²) >= 11 is 5.95. The molecule has 1 fully saturated rings. The standard InChI is InChI=1S/C22H27ClN2O4.2ClH/c23-19-4-1-17(2-5-19)12-24-7-9-25(10-8-24)13-20(26)15-27-14-18-3-6-21-22(11-18)29-16-28-21;;/h1-6,11,20,26H,7-10,12-16H2;2*1H. The third-order valence-corrected chi connectivity index (χ3v) is 5.52. The van der Waals surface area contributed by atoms with Crippen LogP contribution in [0.4, 0.5) is 0 Å². The summed E-state index contributed by atoms with van der Waals surface area (Å²) in [5.41, 5.74) is 2.29. The van der Waals surface area contributed by atoms with E-state index in [1.165, 1.54) is 5.56 Å². The average Bonchev–Trinajstić information content (AvgIpc) is 3.19. The summed E-state index contributed by atoms with van der Waals surface area (Å²) in [5, 5.41) is 11.1. The summed E-state index contributed by atoms with van der Waals surface area (Å²) in [6.07, 6.45) is -0.494. The number of nitrogens with zero attached hydrogens (tertiary/aromatic N) is 2. The van der Waals surface area contributed by atoms with Gasteiger partial charge in [-0.3, -0.25) is 9.80 Å². The molecule has 2 heterocycles. The Morgan fingerprint density at radius 3 is 2.29 bits per heavy atom. The fraction of sp³-hybridized carbons (Fsp3) is 0.455. The molecule has 4 rings (SSSR count). The van der Waals surface area contributed by atoms with Crippen LogP contribution in [0.2, 0.25) is 5.02 Å². The van der Waals surface area contributed by atoms with Gasteiger partial charge in [-0.2, -0.15) is 0 Å². The minimum absolute atomic E-state index is 0. The minimum atomic E-state index is -0.494. The zero-order chi connectivity index (χ0) is 20.1. The molecule has 1 unspecified atom stereocenters. The van der Waals surface area contributed by atoms with Crippen molar-refractivity contribution in [2.24, 2.45) is 0 Å². The Morgan fingerprint density at radius 1 is 0.903 bits per heavy atom. The van der Waals surface area contributed by atoms with Crippen LogP contribution in [0, 0.1) is 0 Å². The maximum atomic E-state index is 10.3. The lowest BCUT2D eigenvalue weighted by Crippen LogP contribution is -2.48. The van der Waals surface area contributed by atoms with E-state index in [-0.39, 0.29) is 31.6 Å². The summed E-state index contributed by atoms with van der Waals surface area (Å²) < 4.78 is 16.4. The predicted octanol–water partition coefficient (Wildman–Crippen LogP) is 3.61. The van der Waals surface area contributed by atoms with Gasteiger partial charge in [0, 0.05) is 44.3 Å². The van der Waals surface area contributed by atoms with E-state index in [1.807, 2.05) is 30.3 Å². The van der Waals surface area contributed by atoms with Gasteiger partial charge in [-0.25, -0.2) is 0 Å². The minimum Gasteiger partial charge on any atom is -0.454 e. The van der Waals surface area contributed by atoms with Gasteiger partial charge >= 0.3 is 0 Å². The summed E-state index contributed by atoms with van der Waals surface area (Å²) in [5.74, 6) is 1.52. The van der Waals surface area contributed by atoms with Gasteiger partial charge in [0.1, 0.15) is 0 Å². The van der Waals surface area contributed by atoms with Crippen molar-refractivity contribution >= 4 is 36.4 Å². The molecule has 0 amide bonds. The van der Waals surface area contributed by atoms with Gasteiger partial charge in [-0.1, -0.05) is 29.8 Å². The molecule has 1 N–H and O–H groups in total. The maximum Gasteiger partial charge on any atom is 0.231 e. The van der Waals surface area contributed by atoms with E-state index in [4.69, 9.17) is 25.8 Å². The van der Waals surface area contributed by atoms with Gasteiger partial charge < -0.3 is 19.3 Å². The predicted molar refractivity (Wildman–Crippen MR) is 126 cm³/mol. The third-order valence-electron chi connectivity index (χ3n) is 5.27. The summed E-state index contributed by atoms with van der Waals surface area (Å²) in [7, 11) is 0. The summed E-state index contributed by atoms with van der Waals surface area (Å²) in [6, 6.07) is 13.8. The molecule has 6 nitrogen and oxygen atoms in total. The SMILES string of the molecule is Cl.Cl.OC(COCc1ccc2c(c1)OCO2)CN1CCN(Cc2ccc(Cl)cc2)CC1. The Balaban J connectivity index is 0.00000171. The number of benzene rings is 2. The largest absolute Gasteiger partial charge is 0.454 e. The number of hydrogen-bond acceptors (Lipinski definition) is 6. The van der Waals surface area contributed by atoms with Crippen molar-refractivity contribution in [1.29, 1.82) is 0 Å². The van der Waals surface area contributed by atoms with E-state index < -0.39 is 6.10 Å². The van der Waals surface area contributed by atoms with Crippen molar-refractivity contribution in [1.82, 2.24) is 9.80 Å². The quantitative estimate of drug-likeness (QED) is 0.609. The van der Waals surface area contributed by atoms with Crippen LogP contribution < -0.4 is 9.47 Å². The van der Waals surface area contributed by atoms with Crippen molar-refractivity contribution in [2.75, 3.05) is 46.1 Å². The highest BCUT2D eigenvalue weighted by molar-refractivity contribution is 6.30. The number of hydrogen-bond donors (Lipinski definition) is 1. The molecule has 31 heavy (non-hydrogen) atoms. The van der Waals surface area contributed by atoms with E-state index in [9.17, 15) is 5.11 Å². The van der Waals surface area contributed by atoms with Crippen LogP contribution in [-0.2, 0) is 17.9 Å². The van der Waals surface area contributed by atoms with E-state index in [0.29, 0.717) is 19.8 Å². The fourth-order valence-electron chi connectivity index (χ4n) is 3.67. The lowest BCUT2D eigenvalue weighted by Gasteiger charge is -2.35. The molecule has 1 atom stereocenters. The van der Waals surface area contributed by atoms with Crippen molar-refractivity contribution in [3.63, 3.8) is 0 Å². The molecule has 0 spiro atoms. The average molecular weight is 492 g/mol. The Hall–Kier alpha value is -1.25. The molecule has 2 aromatic carbocycles. The molecule has 0 aliphatic carbocycles. The molecule has 172 valence electrons. The first kappa shape index (κ1) is 26.0. The van der Waals surface area contributed by atoms with Gasteiger partial charge in [0.25, 0.3) is 0 Å². The van der Waals surface area contributed by atoms with E-state index in [1.54, 1.807) is 0 Å². The first-order valence-electron chi connectivity index (χ1n) is 9.99. The zero-order valence-electron chi connectivity index (χ0n) is 17.2. The monoisotopic (exact) mass is 490 g/mol. The van der Waals surface area contributed by atoms with Gasteiger partial charge in [0.15, 0.2) is 11.5 Å². The van der Waals surface area contributed by atoms with E-state index >= 15 is 0 Å². The van der Waals surface area contributed by atoms with Gasteiger partial charge in [0.2, 0.25) is 6.79 Å². The van der Waals surface area contributed by atoms with Crippen molar-refractivity contribution in [3.05, 3.63) is 58.6 Å². The number of halogens is 3. The number of piperazine rings is 1. The van der Waals surface area contributed by atoms with Crippen LogP contribution in [0.1, 0.15) is 11.1 Å². The summed E-state index contributed by atoms with van der Waals surface area (Å²) in [6.45, 7) is 6.50. The van der Waals surface area contributed by atoms with Crippen molar-refractivity contribution in [3.8, 4) is 11.5 Å². The Morgan fingerprint density at radius 2 is 1.55 bits per heavy atom. The second-order valence-electron chi connectivity index (χ2n) is 7.56. The first-order valence-corrected chi connectivity index (χ1v) is 10.4. The van der Waals surface area contributed by atoms with Crippen LogP contribution in [0.15, 0.2) is 42.5 Å². The number of rotatable bonds is 8. The molecule has 0 radical (unpaired) electrons. The third kappa shape index (κ3) is 7.68. The molecule has 2 aromatic rings. The van der Waals surface area contributed by atoms with Gasteiger partial charge in [-0.15, -0.1) is 24.8 Å². The van der Waals surface area contributed by atoms with Crippen LogP contribution in [-0.4, -0.2) is 67.1 Å². The van der Waals surface area contributed by atoms with Gasteiger partial charge in [-0.05, 0) is 35.4 Å². The molecule has 0 aromatic heterocycles. The molecular weight excluding hydrogens is 463 g/mol. The number of aliphatic hydroxyl groups excluding tert-OH is 1. The maximum absolute atomic E-state index is 10.3. The molecule has 0 saturated carbocycles. The normalized spacial score (nSPS) is 17.0. The summed E-state index contributed by atoms with van der Waals surface area (Å²) in [4.78, 5) is 4.73. The lowest BCUT2D eigenvalue weighted by molar-refractivity contribution is 0.000855. The molecule has 1 saturated heterocycles. The highest BCUT2D eigenvalue weighted by atomic mass is 35.5. The highest BCUT2D eigenvalue weighted by Crippen LogP contribution is 2.32. The molecule has 2 aliphatic heterocycles. The molecular formula is C22H29Cl3N2O4. The smallest absolute Gasteiger partial charge is 0.231 e. The van der Waals surface area contributed by atoms with Crippen LogP contribution >= 0.6 is 36.4 Å². The van der Waals surface area contributed by atoms with E-state index in [0.717, 1.165) is 54.8 Å². The zero-order valence-corrected chi connectivity index (χ0v) is 19.6. The second-order valence-corrected chi connectivity index (χ2v) is 8.00. The Bertz CT molecular complexity index is 802. The number of β-amino-alcohol motifs (C(OH)–C–C–N with tert-alkyl or cyclic N) is 1.